The average molecular weight is 229 g/mol. The van der Waals surface area contributed by atoms with E-state index in [-0.39, 0.29) is 0 Å². The predicted octanol–water partition coefficient (Wildman–Crippen LogP) is 3.48. The first kappa shape index (κ1) is 11.8. The Hall–Kier alpha value is -1.64. The number of nitrogens with zero attached hydrogens (tertiary/aromatic N) is 2. The largest absolute Gasteiger partial charge is 0.385 e. The van der Waals surface area contributed by atoms with Crippen molar-refractivity contribution >= 4 is 16.7 Å². The molecule has 17 heavy (non-hydrogen) atoms. The second-order valence-electron chi connectivity index (χ2n) is 5.50. The standard InChI is InChI=1S/C14H19N3/c1-14(2,3)6-7-15-11-4-5-12-13(10-11)17-9-8-16-12/h4-5,8-10,15H,6-7H2,1-3H3. The quantitative estimate of drug-likeness (QED) is 0.875. The van der Waals surface area contributed by atoms with Crippen molar-refractivity contribution in [2.75, 3.05) is 11.9 Å². The van der Waals surface area contributed by atoms with E-state index in [0.717, 1.165) is 29.7 Å². The van der Waals surface area contributed by atoms with Crippen molar-refractivity contribution < 1.29 is 0 Å². The summed E-state index contributed by atoms with van der Waals surface area (Å²) in [6.45, 7) is 7.73. The van der Waals surface area contributed by atoms with Crippen molar-refractivity contribution in [1.29, 1.82) is 0 Å². The van der Waals surface area contributed by atoms with Gasteiger partial charge >= 0.3 is 0 Å². The summed E-state index contributed by atoms with van der Waals surface area (Å²) in [4.78, 5) is 8.55. The lowest BCUT2D eigenvalue weighted by Gasteiger charge is -2.18. The van der Waals surface area contributed by atoms with Crippen LogP contribution in [-0.2, 0) is 0 Å². The molecule has 0 saturated heterocycles. The van der Waals surface area contributed by atoms with Crippen LogP contribution in [0.3, 0.4) is 0 Å². The first-order valence-electron chi connectivity index (χ1n) is 5.99. The van der Waals surface area contributed by atoms with Crippen LogP contribution in [0.15, 0.2) is 30.6 Å². The highest BCUT2D eigenvalue weighted by Crippen LogP contribution is 2.19. The molecule has 1 N–H and O–H groups in total. The van der Waals surface area contributed by atoms with Crippen molar-refractivity contribution in [3.63, 3.8) is 0 Å². The van der Waals surface area contributed by atoms with Gasteiger partial charge in [-0.3, -0.25) is 9.97 Å². The Labute approximate surface area is 102 Å². The van der Waals surface area contributed by atoms with Crippen LogP contribution in [-0.4, -0.2) is 16.5 Å². The molecular weight excluding hydrogens is 210 g/mol. The molecule has 0 aliphatic heterocycles. The maximum absolute atomic E-state index is 4.30. The molecule has 2 aromatic rings. The third-order valence-electron chi connectivity index (χ3n) is 2.67. The van der Waals surface area contributed by atoms with Gasteiger partial charge in [0.15, 0.2) is 0 Å². The van der Waals surface area contributed by atoms with Crippen molar-refractivity contribution in [3.8, 4) is 0 Å². The van der Waals surface area contributed by atoms with Crippen LogP contribution < -0.4 is 5.32 Å². The Morgan fingerprint density at radius 3 is 2.47 bits per heavy atom. The Balaban J connectivity index is 2.04. The first-order valence-corrected chi connectivity index (χ1v) is 5.99. The number of benzene rings is 1. The molecule has 0 spiro atoms. The normalized spacial score (nSPS) is 11.7. The molecule has 1 heterocycles. The Bertz CT molecular complexity index is 500. The molecule has 0 amide bonds. The number of fused-ring (bicyclic) bond motifs is 1. The van der Waals surface area contributed by atoms with Crippen molar-refractivity contribution in [2.45, 2.75) is 27.2 Å². The fourth-order valence-corrected chi connectivity index (χ4v) is 1.66. The second kappa shape index (κ2) is 4.70. The molecule has 3 nitrogen and oxygen atoms in total. The van der Waals surface area contributed by atoms with Crippen LogP contribution in [0.2, 0.25) is 0 Å². The van der Waals surface area contributed by atoms with E-state index in [1.807, 2.05) is 12.1 Å². The van der Waals surface area contributed by atoms with E-state index in [2.05, 4.69) is 42.1 Å². The SMILES string of the molecule is CC(C)(C)CCNc1ccc2nccnc2c1. The summed E-state index contributed by atoms with van der Waals surface area (Å²) in [5.74, 6) is 0. The van der Waals surface area contributed by atoms with Gasteiger partial charge in [-0.05, 0) is 30.0 Å². The van der Waals surface area contributed by atoms with E-state index in [0.29, 0.717) is 5.41 Å². The molecule has 0 radical (unpaired) electrons. The number of anilines is 1. The molecule has 1 aromatic heterocycles. The smallest absolute Gasteiger partial charge is 0.0907 e. The second-order valence-corrected chi connectivity index (χ2v) is 5.50. The molecule has 0 atom stereocenters. The zero-order valence-electron chi connectivity index (χ0n) is 10.7. The van der Waals surface area contributed by atoms with Crippen molar-refractivity contribution in [3.05, 3.63) is 30.6 Å². The van der Waals surface area contributed by atoms with Crippen LogP contribution in [0.5, 0.6) is 0 Å². The number of aromatic nitrogens is 2. The van der Waals surface area contributed by atoms with Crippen LogP contribution in [0.4, 0.5) is 5.69 Å². The fraction of sp³-hybridized carbons (Fsp3) is 0.429. The molecule has 2 rings (SSSR count). The maximum Gasteiger partial charge on any atom is 0.0907 e. The number of hydrogen-bond donors (Lipinski definition) is 1. The lowest BCUT2D eigenvalue weighted by atomic mass is 9.92. The highest BCUT2D eigenvalue weighted by Gasteiger charge is 2.08. The molecular formula is C14H19N3. The molecule has 0 bridgehead atoms. The van der Waals surface area contributed by atoms with Gasteiger partial charge in [0.1, 0.15) is 0 Å². The van der Waals surface area contributed by atoms with Crippen LogP contribution in [0, 0.1) is 5.41 Å². The lowest BCUT2D eigenvalue weighted by Crippen LogP contribution is -2.12. The molecule has 0 fully saturated rings. The van der Waals surface area contributed by atoms with Crippen LogP contribution in [0.25, 0.3) is 11.0 Å². The summed E-state index contributed by atoms with van der Waals surface area (Å²) in [5.41, 5.74) is 3.35. The minimum Gasteiger partial charge on any atom is -0.385 e. The molecule has 3 heteroatoms. The summed E-state index contributed by atoms with van der Waals surface area (Å²) >= 11 is 0. The van der Waals surface area contributed by atoms with Gasteiger partial charge in [-0.25, -0.2) is 0 Å². The van der Waals surface area contributed by atoms with Gasteiger partial charge in [0.25, 0.3) is 0 Å². The molecule has 0 aliphatic carbocycles. The molecule has 90 valence electrons. The van der Waals surface area contributed by atoms with E-state index >= 15 is 0 Å². The topological polar surface area (TPSA) is 37.8 Å². The number of nitrogens with one attached hydrogen (secondary N) is 1. The number of hydrogen-bond acceptors (Lipinski definition) is 3. The predicted molar refractivity (Wildman–Crippen MR) is 72.1 cm³/mol. The van der Waals surface area contributed by atoms with Gasteiger partial charge in [-0.1, -0.05) is 20.8 Å². The third kappa shape index (κ3) is 3.41. The van der Waals surface area contributed by atoms with Crippen LogP contribution in [0.1, 0.15) is 27.2 Å². The van der Waals surface area contributed by atoms with Gasteiger partial charge in [-0.2, -0.15) is 0 Å². The highest BCUT2D eigenvalue weighted by atomic mass is 14.9. The molecule has 0 unspecified atom stereocenters. The third-order valence-corrected chi connectivity index (χ3v) is 2.67. The summed E-state index contributed by atoms with van der Waals surface area (Å²) in [6, 6.07) is 6.10. The Morgan fingerprint density at radius 1 is 1.06 bits per heavy atom. The zero-order valence-corrected chi connectivity index (χ0v) is 10.7. The maximum atomic E-state index is 4.30. The van der Waals surface area contributed by atoms with E-state index < -0.39 is 0 Å². The van der Waals surface area contributed by atoms with Gasteiger partial charge < -0.3 is 5.32 Å². The average Bonchev–Trinajstić information content (AvgIpc) is 2.27. The highest BCUT2D eigenvalue weighted by molar-refractivity contribution is 5.78. The minimum atomic E-state index is 0.365. The van der Waals surface area contributed by atoms with Gasteiger partial charge in [0.05, 0.1) is 11.0 Å². The molecule has 0 saturated carbocycles. The van der Waals surface area contributed by atoms with Gasteiger partial charge in [0.2, 0.25) is 0 Å². The van der Waals surface area contributed by atoms with E-state index in [1.165, 1.54) is 0 Å². The summed E-state index contributed by atoms with van der Waals surface area (Å²) in [5, 5.41) is 3.43. The Morgan fingerprint density at radius 2 is 1.76 bits per heavy atom. The van der Waals surface area contributed by atoms with E-state index in [1.54, 1.807) is 12.4 Å². The van der Waals surface area contributed by atoms with Gasteiger partial charge in [0, 0.05) is 24.6 Å². The van der Waals surface area contributed by atoms with Gasteiger partial charge in [-0.15, -0.1) is 0 Å². The van der Waals surface area contributed by atoms with Crippen LogP contribution >= 0.6 is 0 Å². The minimum absolute atomic E-state index is 0.365. The summed E-state index contributed by atoms with van der Waals surface area (Å²) in [7, 11) is 0. The summed E-state index contributed by atoms with van der Waals surface area (Å²) in [6.07, 6.45) is 4.59. The monoisotopic (exact) mass is 229 g/mol. The van der Waals surface area contributed by atoms with Crippen molar-refractivity contribution in [1.82, 2.24) is 9.97 Å². The van der Waals surface area contributed by atoms with E-state index in [4.69, 9.17) is 0 Å². The fourth-order valence-electron chi connectivity index (χ4n) is 1.66. The Kier molecular flexibility index (Phi) is 3.27. The molecule has 0 aliphatic rings. The molecule has 1 aromatic carbocycles. The number of rotatable bonds is 3. The van der Waals surface area contributed by atoms with Crippen molar-refractivity contribution in [2.24, 2.45) is 5.41 Å². The summed E-state index contributed by atoms with van der Waals surface area (Å²) < 4.78 is 0. The zero-order chi connectivity index (χ0) is 12.3. The first-order chi connectivity index (χ1) is 8.04. The lowest BCUT2D eigenvalue weighted by molar-refractivity contribution is 0.390. The van der Waals surface area contributed by atoms with E-state index in [9.17, 15) is 0 Å².